The fourth-order valence-electron chi connectivity index (χ4n) is 3.35. The molecule has 1 atom stereocenters. The predicted molar refractivity (Wildman–Crippen MR) is 122 cm³/mol. The summed E-state index contributed by atoms with van der Waals surface area (Å²) in [6, 6.07) is 15.9. The van der Waals surface area contributed by atoms with Crippen LogP contribution in [0.2, 0.25) is 5.02 Å². The summed E-state index contributed by atoms with van der Waals surface area (Å²) in [5, 5.41) is 1.42. The van der Waals surface area contributed by atoms with E-state index in [9.17, 15) is 4.79 Å². The minimum absolute atomic E-state index is 0.0910. The summed E-state index contributed by atoms with van der Waals surface area (Å²) in [6.07, 6.45) is 3.47. The third-order valence-electron chi connectivity index (χ3n) is 4.83. The Kier molecular flexibility index (Phi) is 7.08. The molecular formula is C22H23ClN2O2S2. The van der Waals surface area contributed by atoms with E-state index in [1.54, 1.807) is 11.8 Å². The van der Waals surface area contributed by atoms with E-state index in [1.165, 1.54) is 16.2 Å². The largest absolute Gasteiger partial charge is 0.376 e. The number of halogens is 1. The third-order valence-corrected chi connectivity index (χ3v) is 7.20. The van der Waals surface area contributed by atoms with Crippen molar-refractivity contribution in [2.24, 2.45) is 0 Å². The number of thioether (sulfide) groups is 1. The molecule has 2 heterocycles. The normalized spacial score (nSPS) is 16.4. The Hall–Kier alpha value is -1.60. The molecule has 29 heavy (non-hydrogen) atoms. The second-order valence-electron chi connectivity index (χ2n) is 7.01. The van der Waals surface area contributed by atoms with Gasteiger partial charge in [-0.2, -0.15) is 0 Å². The Morgan fingerprint density at radius 2 is 2.14 bits per heavy atom. The number of thiazole rings is 1. The number of amides is 1. The van der Waals surface area contributed by atoms with Crippen molar-refractivity contribution in [3.05, 3.63) is 53.6 Å². The smallest absolute Gasteiger partial charge is 0.228 e. The highest BCUT2D eigenvalue weighted by atomic mass is 35.5. The van der Waals surface area contributed by atoms with E-state index in [2.05, 4.69) is 12.1 Å². The van der Waals surface area contributed by atoms with Crippen molar-refractivity contribution in [3.8, 4) is 0 Å². The number of carbonyl (C=O) groups excluding carboxylic acids is 1. The van der Waals surface area contributed by atoms with Crippen LogP contribution in [0.3, 0.4) is 0 Å². The maximum Gasteiger partial charge on any atom is 0.228 e. The lowest BCUT2D eigenvalue weighted by molar-refractivity contribution is -0.119. The van der Waals surface area contributed by atoms with E-state index in [0.29, 0.717) is 18.0 Å². The van der Waals surface area contributed by atoms with E-state index in [0.717, 1.165) is 47.0 Å². The molecule has 3 aromatic rings. The van der Waals surface area contributed by atoms with Crippen LogP contribution in [0.15, 0.2) is 53.4 Å². The van der Waals surface area contributed by atoms with E-state index in [1.807, 2.05) is 41.3 Å². The number of benzene rings is 2. The molecule has 1 saturated heterocycles. The second kappa shape index (κ2) is 9.94. The molecule has 1 aromatic heterocycles. The van der Waals surface area contributed by atoms with Gasteiger partial charge in [-0.05, 0) is 55.3 Å². The topological polar surface area (TPSA) is 42.4 Å². The monoisotopic (exact) mass is 446 g/mol. The molecule has 4 nitrogen and oxygen atoms in total. The lowest BCUT2D eigenvalue weighted by Crippen LogP contribution is -2.37. The molecule has 7 heteroatoms. The van der Waals surface area contributed by atoms with Gasteiger partial charge in [0.05, 0.1) is 22.9 Å². The van der Waals surface area contributed by atoms with Crippen molar-refractivity contribution in [3.63, 3.8) is 0 Å². The van der Waals surface area contributed by atoms with Gasteiger partial charge in [0, 0.05) is 22.9 Å². The molecule has 0 N–H and O–H groups in total. The summed E-state index contributed by atoms with van der Waals surface area (Å²) in [6.45, 7) is 1.34. The number of nitrogens with zero attached hydrogens (tertiary/aromatic N) is 2. The highest BCUT2D eigenvalue weighted by molar-refractivity contribution is 7.99. The number of anilines is 1. The van der Waals surface area contributed by atoms with Crippen molar-refractivity contribution in [2.75, 3.05) is 23.8 Å². The van der Waals surface area contributed by atoms with Crippen LogP contribution in [0.25, 0.3) is 10.2 Å². The van der Waals surface area contributed by atoms with Crippen molar-refractivity contribution in [1.82, 2.24) is 4.98 Å². The van der Waals surface area contributed by atoms with E-state index >= 15 is 0 Å². The molecule has 0 radical (unpaired) electrons. The van der Waals surface area contributed by atoms with E-state index in [-0.39, 0.29) is 12.0 Å². The molecule has 4 rings (SSSR count). The first kappa shape index (κ1) is 20.7. The Morgan fingerprint density at radius 3 is 2.93 bits per heavy atom. The standard InChI is InChI=1S/C22H23ClN2O2S2/c23-16-10-11-19-20(14-16)29-22(24-19)25(15-17-6-4-12-27-17)21(26)9-5-13-28-18-7-2-1-3-8-18/h1-3,7-8,10-11,14,17H,4-6,9,12-13,15H2. The molecule has 1 amide bonds. The SMILES string of the molecule is O=C(CCCSc1ccccc1)N(CC1CCCO1)c1nc2ccc(Cl)cc2s1. The van der Waals surface area contributed by atoms with Gasteiger partial charge < -0.3 is 4.74 Å². The van der Waals surface area contributed by atoms with Gasteiger partial charge in [-0.25, -0.2) is 4.98 Å². The van der Waals surface area contributed by atoms with Crippen LogP contribution >= 0.6 is 34.7 Å². The summed E-state index contributed by atoms with van der Waals surface area (Å²) in [4.78, 5) is 20.8. The molecule has 1 fully saturated rings. The summed E-state index contributed by atoms with van der Waals surface area (Å²) in [5.74, 6) is 1.03. The third kappa shape index (κ3) is 5.51. The minimum atomic E-state index is 0.0910. The molecule has 1 unspecified atom stereocenters. The average molecular weight is 447 g/mol. The summed E-state index contributed by atoms with van der Waals surface area (Å²) >= 11 is 9.42. The molecule has 0 spiro atoms. The number of aromatic nitrogens is 1. The number of carbonyl (C=O) groups is 1. The lowest BCUT2D eigenvalue weighted by atomic mass is 10.2. The van der Waals surface area contributed by atoms with Crippen LogP contribution in [0.1, 0.15) is 25.7 Å². The van der Waals surface area contributed by atoms with Gasteiger partial charge in [0.1, 0.15) is 0 Å². The van der Waals surface area contributed by atoms with Crippen molar-refractivity contribution < 1.29 is 9.53 Å². The number of ether oxygens (including phenoxy) is 1. The highest BCUT2D eigenvalue weighted by Crippen LogP contribution is 2.32. The highest BCUT2D eigenvalue weighted by Gasteiger charge is 2.25. The minimum Gasteiger partial charge on any atom is -0.376 e. The van der Waals surface area contributed by atoms with Crippen LogP contribution in [0, 0.1) is 0 Å². The molecule has 0 aliphatic carbocycles. The first-order valence-electron chi connectivity index (χ1n) is 9.85. The number of hydrogen-bond acceptors (Lipinski definition) is 5. The van der Waals surface area contributed by atoms with Crippen molar-refractivity contribution in [1.29, 1.82) is 0 Å². The Morgan fingerprint density at radius 1 is 1.28 bits per heavy atom. The zero-order valence-corrected chi connectivity index (χ0v) is 18.4. The zero-order chi connectivity index (χ0) is 20.1. The predicted octanol–water partition coefficient (Wildman–Crippen LogP) is 6.03. The van der Waals surface area contributed by atoms with E-state index < -0.39 is 0 Å². The summed E-state index contributed by atoms with van der Waals surface area (Å²) in [7, 11) is 0. The van der Waals surface area contributed by atoms with E-state index in [4.69, 9.17) is 21.3 Å². The first-order chi connectivity index (χ1) is 14.2. The van der Waals surface area contributed by atoms with Gasteiger partial charge in [0.15, 0.2) is 5.13 Å². The summed E-state index contributed by atoms with van der Waals surface area (Å²) in [5.41, 5.74) is 0.874. The van der Waals surface area contributed by atoms with Gasteiger partial charge in [-0.15, -0.1) is 11.8 Å². The maximum absolute atomic E-state index is 13.1. The van der Waals surface area contributed by atoms with Crippen LogP contribution in [-0.2, 0) is 9.53 Å². The molecule has 152 valence electrons. The lowest BCUT2D eigenvalue weighted by Gasteiger charge is -2.23. The van der Waals surface area contributed by atoms with Gasteiger partial charge in [0.2, 0.25) is 5.91 Å². The van der Waals surface area contributed by atoms with Gasteiger partial charge in [-0.3, -0.25) is 9.69 Å². The summed E-state index contributed by atoms with van der Waals surface area (Å²) < 4.78 is 6.79. The van der Waals surface area contributed by atoms with Crippen LogP contribution in [0.5, 0.6) is 0 Å². The maximum atomic E-state index is 13.1. The van der Waals surface area contributed by atoms with Gasteiger partial charge in [0.25, 0.3) is 0 Å². The Labute approximate surface area is 184 Å². The number of fused-ring (bicyclic) bond motifs is 1. The molecule has 0 saturated carbocycles. The van der Waals surface area contributed by atoms with Gasteiger partial charge in [-0.1, -0.05) is 41.1 Å². The van der Waals surface area contributed by atoms with Crippen LogP contribution in [-0.4, -0.2) is 35.9 Å². The average Bonchev–Trinajstić information content (AvgIpc) is 3.39. The fraction of sp³-hybridized carbons (Fsp3) is 0.364. The molecule has 0 bridgehead atoms. The molecule has 2 aromatic carbocycles. The van der Waals surface area contributed by atoms with Crippen LogP contribution in [0.4, 0.5) is 5.13 Å². The van der Waals surface area contributed by atoms with Crippen molar-refractivity contribution >= 4 is 56.0 Å². The van der Waals surface area contributed by atoms with Crippen LogP contribution < -0.4 is 4.90 Å². The Bertz CT molecular complexity index is 958. The molecule has 1 aliphatic rings. The Balaban J connectivity index is 1.43. The zero-order valence-electron chi connectivity index (χ0n) is 16.1. The first-order valence-corrected chi connectivity index (χ1v) is 12.0. The van der Waals surface area contributed by atoms with Crippen molar-refractivity contribution in [2.45, 2.75) is 36.7 Å². The molecular weight excluding hydrogens is 424 g/mol. The number of hydrogen-bond donors (Lipinski definition) is 0. The van der Waals surface area contributed by atoms with Gasteiger partial charge >= 0.3 is 0 Å². The quantitative estimate of drug-likeness (QED) is 0.312. The second-order valence-corrected chi connectivity index (χ2v) is 9.63. The number of rotatable bonds is 8. The fourth-order valence-corrected chi connectivity index (χ4v) is 5.49. The molecule has 1 aliphatic heterocycles.